The Balaban J connectivity index is 2.41. The molecular weight excluding hydrogens is 152 g/mol. The highest BCUT2D eigenvalue weighted by molar-refractivity contribution is 5.82. The number of amides is 1. The highest BCUT2D eigenvalue weighted by Gasteiger charge is 2.24. The van der Waals surface area contributed by atoms with Gasteiger partial charge in [0.1, 0.15) is 0 Å². The van der Waals surface area contributed by atoms with Crippen molar-refractivity contribution in [3.05, 3.63) is 0 Å². The maximum Gasteiger partial charge on any atom is 0.240 e. The van der Waals surface area contributed by atoms with E-state index in [-0.39, 0.29) is 11.9 Å². The van der Waals surface area contributed by atoms with Crippen LogP contribution < -0.4 is 5.32 Å². The van der Waals surface area contributed by atoms with Gasteiger partial charge < -0.3 is 10.2 Å². The van der Waals surface area contributed by atoms with Crippen molar-refractivity contribution in [2.45, 2.75) is 18.9 Å². The summed E-state index contributed by atoms with van der Waals surface area (Å²) in [5.41, 5.74) is 0. The van der Waals surface area contributed by atoms with Crippen molar-refractivity contribution in [1.82, 2.24) is 10.2 Å². The van der Waals surface area contributed by atoms with E-state index in [9.17, 15) is 4.79 Å². The highest BCUT2D eigenvalue weighted by atomic mass is 16.2. The topological polar surface area (TPSA) is 32.3 Å². The first-order valence-electron chi connectivity index (χ1n) is 4.17. The number of nitrogens with zero attached hydrogens (tertiary/aromatic N) is 1. The van der Waals surface area contributed by atoms with Crippen molar-refractivity contribution < 1.29 is 4.79 Å². The van der Waals surface area contributed by atoms with Gasteiger partial charge in [-0.05, 0) is 19.4 Å². The molecule has 0 aliphatic carbocycles. The molecule has 0 saturated carbocycles. The van der Waals surface area contributed by atoms with Gasteiger partial charge in [0.05, 0.1) is 12.6 Å². The van der Waals surface area contributed by atoms with Crippen molar-refractivity contribution in [2.24, 2.45) is 0 Å². The molecule has 1 amide bonds. The normalized spacial score (nSPS) is 21.8. The van der Waals surface area contributed by atoms with E-state index in [1.165, 1.54) is 0 Å². The predicted octanol–water partition coefficient (Wildman–Crippen LogP) is -0.170. The van der Waals surface area contributed by atoms with Gasteiger partial charge in [-0.2, -0.15) is 0 Å². The molecule has 1 N–H and O–H groups in total. The third-order valence-electron chi connectivity index (χ3n) is 2.06. The van der Waals surface area contributed by atoms with E-state index in [1.54, 1.807) is 11.9 Å². The molecule has 0 spiro atoms. The second-order valence-electron chi connectivity index (χ2n) is 3.05. The Morgan fingerprint density at radius 2 is 2.58 bits per heavy atom. The number of terminal acetylenes is 1. The van der Waals surface area contributed by atoms with E-state index in [4.69, 9.17) is 6.42 Å². The van der Waals surface area contributed by atoms with Crippen LogP contribution in [0.25, 0.3) is 0 Å². The van der Waals surface area contributed by atoms with E-state index < -0.39 is 0 Å². The first-order chi connectivity index (χ1) is 5.75. The fourth-order valence-electron chi connectivity index (χ4n) is 1.38. The van der Waals surface area contributed by atoms with Gasteiger partial charge in [-0.15, -0.1) is 6.42 Å². The van der Waals surface area contributed by atoms with Crippen LogP contribution >= 0.6 is 0 Å². The molecule has 1 rings (SSSR count). The molecule has 1 saturated heterocycles. The molecule has 1 heterocycles. The summed E-state index contributed by atoms with van der Waals surface area (Å²) in [4.78, 5) is 13.1. The zero-order valence-electron chi connectivity index (χ0n) is 7.34. The van der Waals surface area contributed by atoms with Crippen molar-refractivity contribution >= 4 is 5.91 Å². The first-order valence-corrected chi connectivity index (χ1v) is 4.17. The maximum absolute atomic E-state index is 11.5. The van der Waals surface area contributed by atoms with Crippen LogP contribution in [0.4, 0.5) is 0 Å². The van der Waals surface area contributed by atoms with Gasteiger partial charge in [-0.25, -0.2) is 0 Å². The predicted molar refractivity (Wildman–Crippen MR) is 47.5 cm³/mol. The summed E-state index contributed by atoms with van der Waals surface area (Å²) in [6.45, 7) is 1.34. The van der Waals surface area contributed by atoms with Crippen LogP contribution in [0.15, 0.2) is 0 Å². The lowest BCUT2D eigenvalue weighted by atomic mass is 10.2. The second kappa shape index (κ2) is 4.13. The van der Waals surface area contributed by atoms with E-state index >= 15 is 0 Å². The van der Waals surface area contributed by atoms with Crippen LogP contribution in [0, 0.1) is 12.3 Å². The minimum Gasteiger partial charge on any atom is -0.333 e. The molecule has 3 nitrogen and oxygen atoms in total. The average molecular weight is 166 g/mol. The smallest absolute Gasteiger partial charge is 0.240 e. The zero-order valence-corrected chi connectivity index (χ0v) is 7.34. The Bertz CT molecular complexity index is 201. The molecule has 0 radical (unpaired) electrons. The van der Waals surface area contributed by atoms with E-state index in [2.05, 4.69) is 11.2 Å². The molecule has 1 fully saturated rings. The second-order valence-corrected chi connectivity index (χ2v) is 3.05. The summed E-state index contributed by atoms with van der Waals surface area (Å²) < 4.78 is 0. The number of carbonyl (C=O) groups is 1. The van der Waals surface area contributed by atoms with E-state index in [0.29, 0.717) is 6.54 Å². The van der Waals surface area contributed by atoms with Crippen molar-refractivity contribution in [1.29, 1.82) is 0 Å². The molecule has 0 aromatic heterocycles. The molecular formula is C9H14N2O. The number of carbonyl (C=O) groups excluding carboxylic acids is 1. The van der Waals surface area contributed by atoms with Crippen LogP contribution in [0.3, 0.4) is 0 Å². The van der Waals surface area contributed by atoms with E-state index in [1.807, 2.05) is 0 Å². The summed E-state index contributed by atoms with van der Waals surface area (Å²) in [6.07, 6.45) is 7.12. The number of rotatable bonds is 2. The largest absolute Gasteiger partial charge is 0.333 e. The van der Waals surface area contributed by atoms with Gasteiger partial charge in [0.25, 0.3) is 0 Å². The zero-order chi connectivity index (χ0) is 8.97. The number of hydrogen-bond donors (Lipinski definition) is 1. The fraction of sp³-hybridized carbons (Fsp3) is 0.667. The summed E-state index contributed by atoms with van der Waals surface area (Å²) in [5.74, 6) is 2.57. The summed E-state index contributed by atoms with van der Waals surface area (Å²) in [6, 6.07) is 0.00310. The highest BCUT2D eigenvalue weighted by Crippen LogP contribution is 2.06. The fourth-order valence-corrected chi connectivity index (χ4v) is 1.38. The number of nitrogens with one attached hydrogen (secondary N) is 1. The summed E-state index contributed by atoms with van der Waals surface area (Å²) in [7, 11) is 1.74. The molecule has 0 bridgehead atoms. The van der Waals surface area contributed by atoms with Crippen LogP contribution in [0.2, 0.25) is 0 Å². The lowest BCUT2D eigenvalue weighted by molar-refractivity contribution is -0.131. The molecule has 1 unspecified atom stereocenters. The van der Waals surface area contributed by atoms with Crippen LogP contribution in [0.5, 0.6) is 0 Å². The van der Waals surface area contributed by atoms with Crippen LogP contribution in [-0.2, 0) is 4.79 Å². The monoisotopic (exact) mass is 166 g/mol. The molecule has 1 aliphatic heterocycles. The van der Waals surface area contributed by atoms with Gasteiger partial charge >= 0.3 is 0 Å². The average Bonchev–Trinajstić information content (AvgIpc) is 2.55. The minimum absolute atomic E-state index is 0.00310. The van der Waals surface area contributed by atoms with Gasteiger partial charge in [0, 0.05) is 7.05 Å². The van der Waals surface area contributed by atoms with Gasteiger partial charge in [-0.1, -0.05) is 5.92 Å². The third-order valence-corrected chi connectivity index (χ3v) is 2.06. The molecule has 0 aromatic rings. The maximum atomic E-state index is 11.5. The van der Waals surface area contributed by atoms with Crippen molar-refractivity contribution in [3.8, 4) is 12.3 Å². The lowest BCUT2D eigenvalue weighted by Gasteiger charge is -2.18. The van der Waals surface area contributed by atoms with Crippen molar-refractivity contribution in [3.63, 3.8) is 0 Å². The van der Waals surface area contributed by atoms with Crippen LogP contribution in [0.1, 0.15) is 12.8 Å². The van der Waals surface area contributed by atoms with Crippen molar-refractivity contribution in [2.75, 3.05) is 20.1 Å². The van der Waals surface area contributed by atoms with Gasteiger partial charge in [0.15, 0.2) is 0 Å². The minimum atomic E-state index is 0.00310. The molecule has 0 aromatic carbocycles. The molecule has 1 atom stereocenters. The number of hydrogen-bond acceptors (Lipinski definition) is 2. The van der Waals surface area contributed by atoms with Gasteiger partial charge in [0.2, 0.25) is 5.91 Å². The lowest BCUT2D eigenvalue weighted by Crippen LogP contribution is -2.41. The summed E-state index contributed by atoms with van der Waals surface area (Å²) >= 11 is 0. The SMILES string of the molecule is C#CCN(C)C(=O)C1CCCN1. The Kier molecular flexibility index (Phi) is 3.12. The third kappa shape index (κ3) is 1.99. The molecule has 1 aliphatic rings. The quantitative estimate of drug-likeness (QED) is 0.578. The van der Waals surface area contributed by atoms with E-state index in [0.717, 1.165) is 19.4 Å². The van der Waals surface area contributed by atoms with Gasteiger partial charge in [-0.3, -0.25) is 4.79 Å². The number of likely N-dealkylation sites (N-methyl/N-ethyl adjacent to an activating group) is 1. The molecule has 3 heteroatoms. The Morgan fingerprint density at radius 1 is 1.83 bits per heavy atom. The Morgan fingerprint density at radius 3 is 3.08 bits per heavy atom. The van der Waals surface area contributed by atoms with Crippen LogP contribution in [-0.4, -0.2) is 37.0 Å². The standard InChI is InChI=1S/C9H14N2O/c1-3-7-11(2)9(12)8-5-4-6-10-8/h1,8,10H,4-7H2,2H3. The Labute approximate surface area is 73.1 Å². The first kappa shape index (κ1) is 9.08. The molecule has 66 valence electrons. The Hall–Kier alpha value is -1.01. The molecule has 12 heavy (non-hydrogen) atoms. The summed E-state index contributed by atoms with van der Waals surface area (Å²) in [5, 5.41) is 3.14.